The molecule has 2 atom stereocenters. The van der Waals surface area contributed by atoms with Crippen LogP contribution in [-0.4, -0.2) is 68.4 Å². The minimum absolute atomic E-state index is 0.0956. The number of nitrogens with zero attached hydrogens (tertiary/aromatic N) is 4. The van der Waals surface area contributed by atoms with E-state index in [9.17, 15) is 14.4 Å². The van der Waals surface area contributed by atoms with E-state index in [1.54, 1.807) is 25.7 Å². The highest BCUT2D eigenvalue weighted by Gasteiger charge is 2.34. The van der Waals surface area contributed by atoms with Gasteiger partial charge in [-0.1, -0.05) is 66.7 Å². The second-order valence-electron chi connectivity index (χ2n) is 13.8. The van der Waals surface area contributed by atoms with Gasteiger partial charge in [0.25, 0.3) is 0 Å². The number of H-pyrrole nitrogens is 1. The van der Waals surface area contributed by atoms with Gasteiger partial charge in [0.05, 0.1) is 18.8 Å². The van der Waals surface area contributed by atoms with Crippen LogP contribution in [0, 0.1) is 0 Å². The van der Waals surface area contributed by atoms with Crippen molar-refractivity contribution in [3.8, 4) is 22.5 Å². The first-order valence-electron chi connectivity index (χ1n) is 16.0. The lowest BCUT2D eigenvalue weighted by atomic mass is 9.98. The molecule has 0 saturated heterocycles. The molecule has 0 aliphatic carbocycles. The monoisotopic (exact) mass is 653 g/mol. The molecule has 12 heteroatoms. The van der Waals surface area contributed by atoms with Crippen LogP contribution in [0.3, 0.4) is 0 Å². The number of anilines is 1. The average Bonchev–Trinajstić information content (AvgIpc) is 3.54. The van der Waals surface area contributed by atoms with Gasteiger partial charge in [-0.3, -0.25) is 9.59 Å². The van der Waals surface area contributed by atoms with Gasteiger partial charge in [-0.15, -0.1) is 10.2 Å². The van der Waals surface area contributed by atoms with Crippen LogP contribution in [0.5, 0.6) is 0 Å². The number of aromatic nitrogens is 4. The Morgan fingerprint density at radius 1 is 0.938 bits per heavy atom. The normalized spacial score (nSPS) is 15.7. The zero-order chi connectivity index (χ0) is 34.5. The van der Waals surface area contributed by atoms with Crippen LogP contribution in [0.2, 0.25) is 0 Å². The first kappa shape index (κ1) is 34.2. The lowest BCUT2D eigenvalue weighted by Gasteiger charge is -2.29. The number of rotatable bonds is 9. The van der Waals surface area contributed by atoms with Gasteiger partial charge in [0.1, 0.15) is 17.7 Å². The third-order valence-electron chi connectivity index (χ3n) is 7.67. The third-order valence-corrected chi connectivity index (χ3v) is 7.67. The lowest BCUT2D eigenvalue weighted by Crippen LogP contribution is -2.56. The second-order valence-corrected chi connectivity index (χ2v) is 13.8. The Morgan fingerprint density at radius 2 is 1.62 bits per heavy atom. The molecule has 2 heterocycles. The Morgan fingerprint density at radius 3 is 2.29 bits per heavy atom. The summed E-state index contributed by atoms with van der Waals surface area (Å²) in [5, 5.41) is 20.0. The Kier molecular flexibility index (Phi) is 10.2. The van der Waals surface area contributed by atoms with Crippen LogP contribution in [0.4, 0.5) is 10.5 Å². The standard InChI is InChI=1S/C36H43N7O5/c1-35(2,3)47-22-29(38-34(46)48-36(4,5)6)32(44)37-28-20-19-25-11-7-10-14-30(25)43(33(28)45)21-23-15-17-24(18-16-23)26-12-8-9-13-27(26)31-39-41-42-40-31/h7-18,28-29H,19-22H2,1-6H3,(H,37,44)(H,38,46)(H,39,40,41,42)/t28-,29-/m1/s1. The number of carbonyl (C=O) groups excluding carboxylic acids is 3. The Balaban J connectivity index is 1.36. The third kappa shape index (κ3) is 8.82. The van der Waals surface area contributed by atoms with E-state index < -0.39 is 35.3 Å². The van der Waals surface area contributed by atoms with Crippen molar-refractivity contribution >= 4 is 23.6 Å². The van der Waals surface area contributed by atoms with E-state index in [1.165, 1.54) is 0 Å². The number of tetrazole rings is 1. The van der Waals surface area contributed by atoms with E-state index >= 15 is 0 Å². The maximum Gasteiger partial charge on any atom is 0.408 e. The molecule has 3 N–H and O–H groups in total. The Labute approximate surface area is 280 Å². The lowest BCUT2D eigenvalue weighted by molar-refractivity contribution is -0.131. The predicted molar refractivity (Wildman–Crippen MR) is 182 cm³/mol. The summed E-state index contributed by atoms with van der Waals surface area (Å²) < 4.78 is 11.3. The molecule has 3 aromatic carbocycles. The van der Waals surface area contributed by atoms with Gasteiger partial charge in [-0.25, -0.2) is 4.79 Å². The summed E-state index contributed by atoms with van der Waals surface area (Å²) >= 11 is 0. The smallest absolute Gasteiger partial charge is 0.408 e. The number of aryl methyl sites for hydroxylation is 1. The topological polar surface area (TPSA) is 151 Å². The van der Waals surface area contributed by atoms with Gasteiger partial charge < -0.3 is 25.0 Å². The molecule has 48 heavy (non-hydrogen) atoms. The molecule has 1 aliphatic rings. The van der Waals surface area contributed by atoms with Crippen molar-refractivity contribution < 1.29 is 23.9 Å². The fourth-order valence-corrected chi connectivity index (χ4v) is 5.43. The number of ether oxygens (including phenoxy) is 2. The SMILES string of the molecule is CC(C)(C)OC[C@@H](NC(=O)OC(C)(C)C)C(=O)N[C@@H]1CCc2ccccc2N(Cc2ccc(-c3ccccc3-c3nn[nH]n3)cc2)C1=O. The highest BCUT2D eigenvalue weighted by atomic mass is 16.6. The number of benzene rings is 3. The number of nitrogens with one attached hydrogen (secondary N) is 3. The van der Waals surface area contributed by atoms with Gasteiger partial charge in [-0.05, 0) is 87.9 Å². The van der Waals surface area contributed by atoms with E-state index in [0.717, 1.165) is 33.5 Å². The summed E-state index contributed by atoms with van der Waals surface area (Å²) in [6, 6.07) is 21.7. The minimum atomic E-state index is -1.08. The van der Waals surface area contributed by atoms with E-state index in [-0.39, 0.29) is 12.5 Å². The van der Waals surface area contributed by atoms with Crippen LogP contribution < -0.4 is 15.5 Å². The summed E-state index contributed by atoms with van der Waals surface area (Å²) in [6.07, 6.45) is 0.228. The van der Waals surface area contributed by atoms with E-state index in [4.69, 9.17) is 9.47 Å². The molecule has 0 fully saturated rings. The maximum atomic E-state index is 14.2. The molecule has 0 radical (unpaired) electrons. The van der Waals surface area contributed by atoms with Crippen molar-refractivity contribution in [2.45, 2.75) is 84.2 Å². The molecule has 12 nitrogen and oxygen atoms in total. The van der Waals surface area contributed by atoms with Crippen molar-refractivity contribution in [1.82, 2.24) is 31.3 Å². The fourth-order valence-electron chi connectivity index (χ4n) is 5.43. The number of aromatic amines is 1. The Bertz CT molecular complexity index is 1730. The average molecular weight is 654 g/mol. The predicted octanol–water partition coefficient (Wildman–Crippen LogP) is 5.21. The van der Waals surface area contributed by atoms with Crippen molar-refractivity contribution in [1.29, 1.82) is 0 Å². The van der Waals surface area contributed by atoms with Gasteiger partial charge in [0.15, 0.2) is 0 Å². The number of para-hydroxylation sites is 1. The largest absolute Gasteiger partial charge is 0.444 e. The molecule has 1 aromatic heterocycles. The molecule has 4 aromatic rings. The molecule has 252 valence electrons. The fraction of sp³-hybridized carbons (Fsp3) is 0.389. The highest BCUT2D eigenvalue weighted by molar-refractivity contribution is 6.01. The molecule has 5 rings (SSSR count). The second kappa shape index (κ2) is 14.3. The number of amides is 3. The number of hydrogen-bond acceptors (Lipinski definition) is 8. The molecular formula is C36H43N7O5. The number of fused-ring (bicyclic) bond motifs is 1. The number of alkyl carbamates (subject to hydrolysis) is 1. The molecule has 0 saturated carbocycles. The van der Waals surface area contributed by atoms with Crippen LogP contribution in [0.15, 0.2) is 72.8 Å². The van der Waals surface area contributed by atoms with Crippen molar-refractivity contribution in [2.75, 3.05) is 11.5 Å². The first-order chi connectivity index (χ1) is 22.8. The van der Waals surface area contributed by atoms with Crippen LogP contribution in [0.25, 0.3) is 22.5 Å². The molecule has 0 spiro atoms. The van der Waals surface area contributed by atoms with Crippen LogP contribution in [0.1, 0.15) is 59.1 Å². The van der Waals surface area contributed by atoms with Gasteiger partial charge in [-0.2, -0.15) is 5.21 Å². The Hall–Kier alpha value is -5.10. The molecule has 0 bridgehead atoms. The van der Waals surface area contributed by atoms with Crippen LogP contribution >= 0.6 is 0 Å². The maximum absolute atomic E-state index is 14.2. The first-order valence-corrected chi connectivity index (χ1v) is 16.0. The summed E-state index contributed by atoms with van der Waals surface area (Å²) in [4.78, 5) is 42.2. The quantitative estimate of drug-likeness (QED) is 0.223. The minimum Gasteiger partial charge on any atom is -0.444 e. The summed E-state index contributed by atoms with van der Waals surface area (Å²) in [7, 11) is 0. The van der Waals surface area contributed by atoms with E-state index in [2.05, 4.69) is 31.3 Å². The highest BCUT2D eigenvalue weighted by Crippen LogP contribution is 2.32. The zero-order valence-corrected chi connectivity index (χ0v) is 28.2. The van der Waals surface area contributed by atoms with Gasteiger partial charge in [0, 0.05) is 11.3 Å². The zero-order valence-electron chi connectivity index (χ0n) is 28.2. The van der Waals surface area contributed by atoms with Crippen molar-refractivity contribution in [3.63, 3.8) is 0 Å². The molecule has 0 unspecified atom stereocenters. The summed E-state index contributed by atoms with van der Waals surface area (Å²) in [5.74, 6) is -0.269. The van der Waals surface area contributed by atoms with Crippen molar-refractivity contribution in [3.05, 3.63) is 83.9 Å². The van der Waals surface area contributed by atoms with Crippen LogP contribution in [-0.2, 0) is 32.0 Å². The number of carbonyl (C=O) groups is 3. The van der Waals surface area contributed by atoms with Crippen molar-refractivity contribution in [2.24, 2.45) is 0 Å². The molecule has 3 amide bonds. The van der Waals surface area contributed by atoms with E-state index in [0.29, 0.717) is 25.2 Å². The molecule has 1 aliphatic heterocycles. The summed E-state index contributed by atoms with van der Waals surface area (Å²) in [6.45, 7) is 11.0. The van der Waals surface area contributed by atoms with E-state index in [1.807, 2.05) is 93.6 Å². The summed E-state index contributed by atoms with van der Waals surface area (Å²) in [5.41, 5.74) is 4.17. The van der Waals surface area contributed by atoms with Gasteiger partial charge in [0.2, 0.25) is 17.6 Å². The number of hydrogen-bond donors (Lipinski definition) is 3. The van der Waals surface area contributed by atoms with Gasteiger partial charge >= 0.3 is 6.09 Å². The molecular weight excluding hydrogens is 610 g/mol.